The lowest BCUT2D eigenvalue weighted by atomic mass is 10.2. The summed E-state index contributed by atoms with van der Waals surface area (Å²) in [5.74, 6) is -0.674. The van der Waals surface area contributed by atoms with Gasteiger partial charge in [-0.15, -0.1) is 0 Å². The Morgan fingerprint density at radius 1 is 1.50 bits per heavy atom. The van der Waals surface area contributed by atoms with Gasteiger partial charge < -0.3 is 14.4 Å². The number of hydrogen-bond acceptors (Lipinski definition) is 6. The average molecular weight is 278 g/mol. The van der Waals surface area contributed by atoms with E-state index in [0.29, 0.717) is 11.5 Å². The molecule has 1 N–H and O–H groups in total. The van der Waals surface area contributed by atoms with Gasteiger partial charge in [0.15, 0.2) is 5.75 Å². The fourth-order valence-corrected chi connectivity index (χ4v) is 1.55. The summed E-state index contributed by atoms with van der Waals surface area (Å²) in [6.45, 7) is 1.70. The van der Waals surface area contributed by atoms with Gasteiger partial charge in [-0.3, -0.25) is 10.1 Å². The van der Waals surface area contributed by atoms with Crippen LogP contribution in [-0.2, 0) is 6.61 Å². The summed E-state index contributed by atoms with van der Waals surface area (Å²) in [6, 6.07) is 5.07. The van der Waals surface area contributed by atoms with Gasteiger partial charge in [0.1, 0.15) is 18.1 Å². The highest BCUT2D eigenvalue weighted by Gasteiger charge is 2.18. The van der Waals surface area contributed by atoms with Crippen LogP contribution in [0.3, 0.4) is 0 Å². The first-order valence-corrected chi connectivity index (χ1v) is 5.54. The third-order valence-corrected chi connectivity index (χ3v) is 2.45. The molecule has 0 aliphatic carbocycles. The minimum absolute atomic E-state index is 0.00933. The van der Waals surface area contributed by atoms with E-state index >= 15 is 0 Å². The second-order valence-electron chi connectivity index (χ2n) is 3.96. The van der Waals surface area contributed by atoms with E-state index in [-0.39, 0.29) is 17.9 Å². The van der Waals surface area contributed by atoms with Gasteiger partial charge in [0.25, 0.3) is 0 Å². The van der Waals surface area contributed by atoms with Crippen LogP contribution in [-0.4, -0.2) is 21.2 Å². The minimum atomic E-state index is -1.24. The van der Waals surface area contributed by atoms with Crippen LogP contribution in [0.1, 0.15) is 21.8 Å². The van der Waals surface area contributed by atoms with E-state index in [1.54, 1.807) is 13.0 Å². The summed E-state index contributed by atoms with van der Waals surface area (Å²) in [4.78, 5) is 21.0. The summed E-state index contributed by atoms with van der Waals surface area (Å²) in [5, 5.41) is 23.4. The lowest BCUT2D eigenvalue weighted by Crippen LogP contribution is -2.02. The fourth-order valence-electron chi connectivity index (χ4n) is 1.55. The molecule has 2 rings (SSSR count). The second-order valence-corrected chi connectivity index (χ2v) is 3.96. The Balaban J connectivity index is 2.22. The number of aryl methyl sites for hydroxylation is 1. The number of aromatic carboxylic acids is 1. The first-order chi connectivity index (χ1) is 9.47. The molecule has 1 aromatic carbocycles. The van der Waals surface area contributed by atoms with E-state index in [9.17, 15) is 14.9 Å². The number of hydrogen-bond donors (Lipinski definition) is 1. The summed E-state index contributed by atoms with van der Waals surface area (Å²) in [5.41, 5.74) is -0.106. The number of aromatic nitrogens is 1. The molecule has 0 radical (unpaired) electrons. The molecule has 1 heterocycles. The molecule has 0 unspecified atom stereocenters. The van der Waals surface area contributed by atoms with Gasteiger partial charge in [-0.05, 0) is 19.1 Å². The van der Waals surface area contributed by atoms with Gasteiger partial charge in [-0.25, -0.2) is 4.79 Å². The number of carbonyl (C=O) groups is 1. The molecule has 0 saturated carbocycles. The average Bonchev–Trinajstić information content (AvgIpc) is 2.81. The molecule has 0 bridgehead atoms. The number of nitro groups is 1. The normalized spacial score (nSPS) is 10.2. The number of nitro benzene ring substituents is 1. The van der Waals surface area contributed by atoms with Gasteiger partial charge in [0.05, 0.1) is 10.5 Å². The smallest absolute Gasteiger partial charge is 0.335 e. The van der Waals surface area contributed by atoms with Crippen molar-refractivity contribution in [3.05, 3.63) is 51.4 Å². The van der Waals surface area contributed by atoms with Crippen LogP contribution >= 0.6 is 0 Å². The highest BCUT2D eigenvalue weighted by molar-refractivity contribution is 5.88. The highest BCUT2D eigenvalue weighted by atomic mass is 16.6. The maximum atomic E-state index is 10.9. The molecule has 0 amide bonds. The quantitative estimate of drug-likeness (QED) is 0.658. The summed E-state index contributed by atoms with van der Waals surface area (Å²) >= 11 is 0. The zero-order chi connectivity index (χ0) is 14.7. The van der Waals surface area contributed by atoms with Gasteiger partial charge >= 0.3 is 11.7 Å². The molecule has 0 aliphatic heterocycles. The molecule has 0 saturated heterocycles. The van der Waals surface area contributed by atoms with Crippen molar-refractivity contribution in [1.82, 2.24) is 5.16 Å². The number of rotatable bonds is 5. The Morgan fingerprint density at radius 3 is 2.80 bits per heavy atom. The summed E-state index contributed by atoms with van der Waals surface area (Å²) < 4.78 is 10.1. The molecule has 0 spiro atoms. The maximum Gasteiger partial charge on any atom is 0.335 e. The van der Waals surface area contributed by atoms with Crippen LogP contribution < -0.4 is 4.74 Å². The lowest BCUT2D eigenvalue weighted by Gasteiger charge is -2.05. The number of benzene rings is 1. The molecule has 8 heteroatoms. The fraction of sp³-hybridized carbons (Fsp3) is 0.167. The Labute approximate surface area is 112 Å². The summed E-state index contributed by atoms with van der Waals surface area (Å²) in [7, 11) is 0. The SMILES string of the molecule is Cc1cc(COc2ccc(C(=O)O)cc2[N+](=O)[O-])no1. The van der Waals surface area contributed by atoms with E-state index < -0.39 is 16.6 Å². The summed E-state index contributed by atoms with van der Waals surface area (Å²) in [6.07, 6.45) is 0. The van der Waals surface area contributed by atoms with Crippen LogP contribution in [0, 0.1) is 17.0 Å². The third kappa shape index (κ3) is 2.91. The largest absolute Gasteiger partial charge is 0.480 e. The molecule has 8 nitrogen and oxygen atoms in total. The Hall–Kier alpha value is -2.90. The van der Waals surface area contributed by atoms with Crippen LogP contribution in [0.15, 0.2) is 28.8 Å². The van der Waals surface area contributed by atoms with Crippen molar-refractivity contribution in [2.75, 3.05) is 0 Å². The zero-order valence-electron chi connectivity index (χ0n) is 10.4. The van der Waals surface area contributed by atoms with Crippen molar-refractivity contribution in [2.45, 2.75) is 13.5 Å². The van der Waals surface area contributed by atoms with Crippen molar-refractivity contribution < 1.29 is 24.1 Å². The van der Waals surface area contributed by atoms with Crippen molar-refractivity contribution in [3.8, 4) is 5.75 Å². The predicted molar refractivity (Wildman–Crippen MR) is 65.6 cm³/mol. The Bertz CT molecular complexity index is 664. The first kappa shape index (κ1) is 13.5. The number of carboxylic acid groups (broad SMARTS) is 1. The van der Waals surface area contributed by atoms with E-state index in [1.807, 2.05) is 0 Å². The molecule has 0 fully saturated rings. The maximum absolute atomic E-state index is 10.9. The number of ether oxygens (including phenoxy) is 1. The van der Waals surface area contributed by atoms with Crippen molar-refractivity contribution >= 4 is 11.7 Å². The van der Waals surface area contributed by atoms with E-state index in [4.69, 9.17) is 14.4 Å². The molecule has 104 valence electrons. The first-order valence-electron chi connectivity index (χ1n) is 5.54. The Kier molecular flexibility index (Phi) is 3.65. The lowest BCUT2D eigenvalue weighted by molar-refractivity contribution is -0.386. The standard InChI is InChI=1S/C12H10N2O6/c1-7-4-9(13-20-7)6-19-11-3-2-8(12(15)16)5-10(11)14(17)18/h2-5H,6H2,1H3,(H,15,16). The Morgan fingerprint density at radius 2 is 2.25 bits per heavy atom. The highest BCUT2D eigenvalue weighted by Crippen LogP contribution is 2.28. The van der Waals surface area contributed by atoms with Gasteiger partial charge in [-0.1, -0.05) is 5.16 Å². The predicted octanol–water partition coefficient (Wildman–Crippen LogP) is 2.17. The number of carboxylic acids is 1. The van der Waals surface area contributed by atoms with Gasteiger partial charge in [-0.2, -0.15) is 0 Å². The van der Waals surface area contributed by atoms with Crippen molar-refractivity contribution in [2.24, 2.45) is 0 Å². The minimum Gasteiger partial charge on any atom is -0.480 e. The van der Waals surface area contributed by atoms with Crippen LogP contribution in [0.2, 0.25) is 0 Å². The molecular formula is C12H10N2O6. The number of nitrogens with zero attached hydrogens (tertiary/aromatic N) is 2. The zero-order valence-corrected chi connectivity index (χ0v) is 10.4. The van der Waals surface area contributed by atoms with Crippen LogP contribution in [0.25, 0.3) is 0 Å². The van der Waals surface area contributed by atoms with Crippen LogP contribution in [0.4, 0.5) is 5.69 Å². The van der Waals surface area contributed by atoms with E-state index in [1.165, 1.54) is 12.1 Å². The van der Waals surface area contributed by atoms with Gasteiger partial charge in [0, 0.05) is 12.1 Å². The van der Waals surface area contributed by atoms with E-state index in [0.717, 1.165) is 6.07 Å². The van der Waals surface area contributed by atoms with Crippen LogP contribution in [0.5, 0.6) is 5.75 Å². The second kappa shape index (κ2) is 5.39. The molecule has 2 aromatic rings. The third-order valence-electron chi connectivity index (χ3n) is 2.45. The van der Waals surface area contributed by atoms with E-state index in [2.05, 4.69) is 5.16 Å². The van der Waals surface area contributed by atoms with Crippen molar-refractivity contribution in [1.29, 1.82) is 0 Å². The molecule has 1 aromatic heterocycles. The molecular weight excluding hydrogens is 268 g/mol. The molecule has 0 atom stereocenters. The monoisotopic (exact) mass is 278 g/mol. The van der Waals surface area contributed by atoms with Gasteiger partial charge in [0.2, 0.25) is 0 Å². The molecule has 20 heavy (non-hydrogen) atoms. The molecule has 0 aliphatic rings. The topological polar surface area (TPSA) is 116 Å². The van der Waals surface area contributed by atoms with Crippen molar-refractivity contribution in [3.63, 3.8) is 0 Å².